The molecule has 1 unspecified atom stereocenters. The molecule has 0 heterocycles. The minimum absolute atomic E-state index is 0.355. The topological polar surface area (TPSA) is 40.1 Å². The number of aryl methyl sites for hydroxylation is 1. The van der Waals surface area contributed by atoms with Crippen LogP contribution in [0, 0.1) is 6.92 Å². The molecule has 0 aliphatic rings. The molecule has 0 aliphatic heterocycles. The molecule has 1 aromatic rings. The third-order valence-corrected chi connectivity index (χ3v) is 2.63. The summed E-state index contributed by atoms with van der Waals surface area (Å²) in [6, 6.07) is 5.05. The molecular weight excluding hydrogens is 228 g/mol. The first kappa shape index (κ1) is 8.90. The first-order chi connectivity index (χ1) is 5.11. The molecule has 0 radical (unpaired) electrons. The summed E-state index contributed by atoms with van der Waals surface area (Å²) in [5, 5.41) is 0. The average Bonchev–Trinajstić information content (AvgIpc) is 1.85. The van der Waals surface area contributed by atoms with E-state index in [0.717, 1.165) is 10.0 Å². The molecule has 0 aromatic heterocycles. The van der Waals surface area contributed by atoms with Crippen molar-refractivity contribution >= 4 is 27.0 Å². The van der Waals surface area contributed by atoms with Gasteiger partial charge < -0.3 is 4.55 Å². The highest BCUT2D eigenvalue weighted by atomic mass is 79.9. The molecule has 0 N–H and O–H groups in total. The van der Waals surface area contributed by atoms with Crippen molar-refractivity contribution < 1.29 is 8.76 Å². The normalized spacial score (nSPS) is 13.0. The summed E-state index contributed by atoms with van der Waals surface area (Å²) in [4.78, 5) is 0.355. The van der Waals surface area contributed by atoms with E-state index in [1.54, 1.807) is 25.1 Å². The van der Waals surface area contributed by atoms with Gasteiger partial charge in [-0.25, -0.2) is 0 Å². The molecule has 0 spiro atoms. The Morgan fingerprint density at radius 2 is 2.18 bits per heavy atom. The van der Waals surface area contributed by atoms with Crippen LogP contribution in [0.5, 0.6) is 0 Å². The number of rotatable bonds is 1. The van der Waals surface area contributed by atoms with Crippen LogP contribution in [-0.4, -0.2) is 8.76 Å². The van der Waals surface area contributed by atoms with Crippen LogP contribution in [0.1, 0.15) is 5.56 Å². The molecule has 0 saturated carbocycles. The van der Waals surface area contributed by atoms with Gasteiger partial charge >= 0.3 is 0 Å². The predicted molar refractivity (Wildman–Crippen MR) is 46.1 cm³/mol. The van der Waals surface area contributed by atoms with Gasteiger partial charge in [0.25, 0.3) is 0 Å². The third kappa shape index (κ3) is 2.12. The summed E-state index contributed by atoms with van der Waals surface area (Å²) in [7, 11) is 0. The van der Waals surface area contributed by atoms with Gasteiger partial charge in [-0.05, 0) is 41.8 Å². The predicted octanol–water partition coefficient (Wildman–Crippen LogP) is 2.00. The zero-order valence-electron chi connectivity index (χ0n) is 5.83. The van der Waals surface area contributed by atoms with E-state index in [0.29, 0.717) is 4.90 Å². The van der Waals surface area contributed by atoms with Crippen LogP contribution in [0.15, 0.2) is 27.6 Å². The second-order valence-corrected chi connectivity index (χ2v) is 3.97. The molecule has 60 valence electrons. The van der Waals surface area contributed by atoms with Gasteiger partial charge in [0.1, 0.15) is 0 Å². The highest BCUT2D eigenvalue weighted by molar-refractivity contribution is 9.10. The molecule has 0 amide bonds. The van der Waals surface area contributed by atoms with Gasteiger partial charge in [-0.1, -0.05) is 15.9 Å². The van der Waals surface area contributed by atoms with Gasteiger partial charge in [0.05, 0.1) is 0 Å². The number of hydrogen-bond donors (Lipinski definition) is 0. The van der Waals surface area contributed by atoms with E-state index in [1.807, 2.05) is 0 Å². The Morgan fingerprint density at radius 3 is 2.64 bits per heavy atom. The number of halogens is 1. The van der Waals surface area contributed by atoms with Gasteiger partial charge in [-0.15, -0.1) is 0 Å². The quantitative estimate of drug-likeness (QED) is 0.697. The molecule has 0 saturated heterocycles. The Labute approximate surface area is 76.0 Å². The molecule has 11 heavy (non-hydrogen) atoms. The van der Waals surface area contributed by atoms with Crippen LogP contribution < -0.4 is 0 Å². The Hall–Kier alpha value is -0.190. The fourth-order valence-electron chi connectivity index (χ4n) is 0.800. The highest BCUT2D eigenvalue weighted by Gasteiger charge is 1.97. The largest absolute Gasteiger partial charge is 0.768 e. The number of benzene rings is 1. The summed E-state index contributed by atoms with van der Waals surface area (Å²) in [5.74, 6) is 0. The van der Waals surface area contributed by atoms with E-state index in [4.69, 9.17) is 0 Å². The Morgan fingerprint density at radius 1 is 1.55 bits per heavy atom. The second-order valence-electron chi connectivity index (χ2n) is 2.14. The molecule has 2 nitrogen and oxygen atoms in total. The van der Waals surface area contributed by atoms with Gasteiger partial charge in [-0.3, -0.25) is 4.21 Å². The highest BCUT2D eigenvalue weighted by Crippen LogP contribution is 2.17. The lowest BCUT2D eigenvalue weighted by molar-refractivity contribution is 0.536. The number of hydrogen-bond acceptors (Lipinski definition) is 2. The summed E-state index contributed by atoms with van der Waals surface area (Å²) < 4.78 is 21.9. The molecule has 0 aliphatic carbocycles. The van der Waals surface area contributed by atoms with Crippen molar-refractivity contribution in [3.63, 3.8) is 0 Å². The van der Waals surface area contributed by atoms with Crippen LogP contribution in [0.3, 0.4) is 0 Å². The van der Waals surface area contributed by atoms with Crippen LogP contribution >= 0.6 is 15.9 Å². The minimum Gasteiger partial charge on any atom is -0.768 e. The minimum atomic E-state index is -2.12. The van der Waals surface area contributed by atoms with Gasteiger partial charge in [-0.2, -0.15) is 0 Å². The maximum absolute atomic E-state index is 10.5. The summed E-state index contributed by atoms with van der Waals surface area (Å²) >= 11 is 1.12. The van der Waals surface area contributed by atoms with E-state index >= 15 is 0 Å². The van der Waals surface area contributed by atoms with Crippen molar-refractivity contribution in [2.75, 3.05) is 0 Å². The van der Waals surface area contributed by atoms with Crippen LogP contribution in [0.4, 0.5) is 0 Å². The van der Waals surface area contributed by atoms with E-state index in [9.17, 15) is 8.76 Å². The second kappa shape index (κ2) is 3.47. The molecule has 1 aromatic carbocycles. The maximum atomic E-state index is 10.5. The molecular formula is C7H6BrO2S-. The van der Waals surface area contributed by atoms with Gasteiger partial charge in [0, 0.05) is 9.37 Å². The van der Waals surface area contributed by atoms with E-state index in [2.05, 4.69) is 15.9 Å². The molecule has 1 atom stereocenters. The fraction of sp³-hybridized carbons (Fsp3) is 0.143. The average molecular weight is 234 g/mol. The zero-order valence-corrected chi connectivity index (χ0v) is 8.24. The third-order valence-electron chi connectivity index (χ3n) is 1.32. The maximum Gasteiger partial charge on any atom is 0.0278 e. The van der Waals surface area contributed by atoms with Crippen LogP contribution in [0.25, 0.3) is 0 Å². The lowest BCUT2D eigenvalue weighted by Gasteiger charge is -2.07. The van der Waals surface area contributed by atoms with Gasteiger partial charge in [0.2, 0.25) is 0 Å². The first-order valence-electron chi connectivity index (χ1n) is 2.96. The summed E-state index contributed by atoms with van der Waals surface area (Å²) in [6.45, 7) is 1.76. The zero-order chi connectivity index (χ0) is 8.43. The molecule has 0 bridgehead atoms. The van der Waals surface area contributed by atoms with E-state index in [1.165, 1.54) is 0 Å². The van der Waals surface area contributed by atoms with Crippen molar-refractivity contribution in [2.24, 2.45) is 0 Å². The van der Waals surface area contributed by atoms with Crippen molar-refractivity contribution in [1.82, 2.24) is 0 Å². The first-order valence-corrected chi connectivity index (χ1v) is 4.83. The Balaban J connectivity index is 3.20. The van der Waals surface area contributed by atoms with Gasteiger partial charge in [0.15, 0.2) is 0 Å². The van der Waals surface area contributed by atoms with Crippen molar-refractivity contribution in [2.45, 2.75) is 11.8 Å². The van der Waals surface area contributed by atoms with Crippen LogP contribution in [0.2, 0.25) is 0 Å². The standard InChI is InChI=1S/C7H7BrO2S/c1-5-4-6(8)2-3-7(5)11(9)10/h2-4H,1H3,(H,9,10)/p-1. The van der Waals surface area contributed by atoms with Crippen molar-refractivity contribution in [3.05, 3.63) is 28.2 Å². The van der Waals surface area contributed by atoms with Crippen molar-refractivity contribution in [1.29, 1.82) is 0 Å². The smallest absolute Gasteiger partial charge is 0.0278 e. The molecule has 0 fully saturated rings. The fourth-order valence-corrected chi connectivity index (χ4v) is 1.78. The Kier molecular flexibility index (Phi) is 2.81. The monoisotopic (exact) mass is 233 g/mol. The lowest BCUT2D eigenvalue weighted by Crippen LogP contribution is -1.91. The summed E-state index contributed by atoms with van der Waals surface area (Å²) in [6.07, 6.45) is 0. The summed E-state index contributed by atoms with van der Waals surface area (Å²) in [5.41, 5.74) is 0.757. The lowest BCUT2D eigenvalue weighted by atomic mass is 10.2. The molecule has 4 heteroatoms. The van der Waals surface area contributed by atoms with Crippen LogP contribution in [-0.2, 0) is 11.1 Å². The Bertz CT molecular complexity index is 298. The molecule has 1 rings (SSSR count). The van der Waals surface area contributed by atoms with Crippen molar-refractivity contribution in [3.8, 4) is 0 Å². The van der Waals surface area contributed by atoms with E-state index in [-0.39, 0.29) is 0 Å². The van der Waals surface area contributed by atoms with E-state index < -0.39 is 11.1 Å². The SMILES string of the molecule is Cc1cc(Br)ccc1S(=O)[O-].